The molecule has 1 N–H and O–H groups in total. The van der Waals surface area contributed by atoms with Crippen molar-refractivity contribution in [3.05, 3.63) is 0 Å². The second-order valence-corrected chi connectivity index (χ2v) is 6.39. The molecular weight excluding hydrogens is 446 g/mol. The largest absolute Gasteiger partial charge is 0.463 e. The molecule has 0 bridgehead atoms. The van der Waals surface area contributed by atoms with Crippen LogP contribution in [0, 0.1) is 0 Å². The van der Waals surface area contributed by atoms with Crippen molar-refractivity contribution in [1.82, 2.24) is 5.32 Å². The third-order valence-electron chi connectivity index (χ3n) is 3.43. The molecule has 11 nitrogen and oxygen atoms in total. The van der Waals surface area contributed by atoms with E-state index in [0.717, 1.165) is 27.7 Å². The fourth-order valence-corrected chi connectivity index (χ4v) is 2.71. The van der Waals surface area contributed by atoms with Gasteiger partial charge in [-0.05, 0) is 0 Å². The number of esters is 4. The van der Waals surface area contributed by atoms with Crippen molar-refractivity contribution < 1.29 is 47.7 Å². The highest BCUT2D eigenvalue weighted by Gasteiger charge is 2.52. The fraction of sp³-hybridized carbons (Fsp3) is 0.688. The number of nitrogens with one attached hydrogen (secondary N) is 1. The van der Waals surface area contributed by atoms with Gasteiger partial charge >= 0.3 is 23.9 Å². The number of ether oxygens (including phenoxy) is 5. The van der Waals surface area contributed by atoms with E-state index in [4.69, 9.17) is 23.7 Å². The van der Waals surface area contributed by atoms with Crippen LogP contribution in [0.5, 0.6) is 0 Å². The Morgan fingerprint density at radius 1 is 0.857 bits per heavy atom. The zero-order valence-electron chi connectivity index (χ0n) is 15.8. The minimum Gasteiger partial charge on any atom is -0.463 e. The molecule has 5 atom stereocenters. The Hall–Kier alpha value is -2.21. The molecule has 0 unspecified atom stereocenters. The van der Waals surface area contributed by atoms with Crippen LogP contribution in [0.2, 0.25) is 0 Å². The van der Waals surface area contributed by atoms with Crippen LogP contribution in [0.1, 0.15) is 27.7 Å². The van der Waals surface area contributed by atoms with Gasteiger partial charge in [-0.1, -0.05) is 15.9 Å². The number of alkyl halides is 1. The molecule has 28 heavy (non-hydrogen) atoms. The average molecular weight is 468 g/mol. The van der Waals surface area contributed by atoms with Crippen LogP contribution in [0.15, 0.2) is 0 Å². The normalized spacial score (nSPS) is 26.5. The number of carbonyl (C=O) groups is 5. The molecule has 1 aliphatic rings. The Balaban J connectivity index is 3.31. The molecule has 0 spiro atoms. The maximum absolute atomic E-state index is 11.9. The summed E-state index contributed by atoms with van der Waals surface area (Å²) in [5, 5.41) is 2.40. The van der Waals surface area contributed by atoms with Crippen LogP contribution >= 0.6 is 15.9 Å². The minimum atomic E-state index is -1.39. The average Bonchev–Trinajstić information content (AvgIpc) is 2.56. The number of rotatable bonds is 7. The van der Waals surface area contributed by atoms with E-state index in [9.17, 15) is 24.0 Å². The van der Waals surface area contributed by atoms with Crippen molar-refractivity contribution >= 4 is 45.7 Å². The van der Waals surface area contributed by atoms with Crippen LogP contribution in [0.4, 0.5) is 0 Å². The molecular formula is C16H22BrNO10. The predicted molar refractivity (Wildman–Crippen MR) is 93.9 cm³/mol. The van der Waals surface area contributed by atoms with Gasteiger partial charge < -0.3 is 29.0 Å². The van der Waals surface area contributed by atoms with E-state index in [0.29, 0.717) is 0 Å². The van der Waals surface area contributed by atoms with Crippen LogP contribution in [-0.2, 0) is 47.7 Å². The molecule has 0 aromatic carbocycles. The summed E-state index contributed by atoms with van der Waals surface area (Å²) in [5.74, 6) is -3.36. The predicted octanol–water partition coefficient (Wildman–Crippen LogP) is -0.419. The second kappa shape index (κ2) is 11.0. The van der Waals surface area contributed by atoms with Crippen molar-refractivity contribution in [3.8, 4) is 0 Å². The van der Waals surface area contributed by atoms with Crippen molar-refractivity contribution in [2.45, 2.75) is 58.3 Å². The van der Waals surface area contributed by atoms with Crippen molar-refractivity contribution in [1.29, 1.82) is 0 Å². The van der Waals surface area contributed by atoms with E-state index in [1.807, 2.05) is 0 Å². The monoisotopic (exact) mass is 467 g/mol. The Morgan fingerprint density at radius 3 is 1.86 bits per heavy atom. The zero-order valence-corrected chi connectivity index (χ0v) is 17.3. The third-order valence-corrected chi connectivity index (χ3v) is 3.94. The first-order chi connectivity index (χ1) is 13.0. The van der Waals surface area contributed by atoms with Gasteiger partial charge in [0.2, 0.25) is 12.2 Å². The lowest BCUT2D eigenvalue weighted by Gasteiger charge is -2.44. The molecule has 0 saturated carbocycles. The molecule has 1 rings (SSSR count). The summed E-state index contributed by atoms with van der Waals surface area (Å²) in [6.07, 6.45) is -5.04. The van der Waals surface area contributed by atoms with E-state index >= 15 is 0 Å². The molecule has 1 aliphatic heterocycles. The summed E-state index contributed by atoms with van der Waals surface area (Å²) in [5.41, 5.74) is 0. The Kier molecular flexibility index (Phi) is 9.32. The van der Waals surface area contributed by atoms with Crippen molar-refractivity contribution in [3.63, 3.8) is 0 Å². The van der Waals surface area contributed by atoms with E-state index < -0.39 is 60.4 Å². The maximum Gasteiger partial charge on any atom is 0.305 e. The number of amides is 1. The molecule has 1 saturated heterocycles. The molecule has 0 aromatic heterocycles. The van der Waals surface area contributed by atoms with Crippen molar-refractivity contribution in [2.75, 3.05) is 11.9 Å². The van der Waals surface area contributed by atoms with Crippen molar-refractivity contribution in [2.24, 2.45) is 0 Å². The molecule has 1 heterocycles. The third kappa shape index (κ3) is 7.43. The summed E-state index contributed by atoms with van der Waals surface area (Å²) in [7, 11) is 0. The molecule has 0 aliphatic carbocycles. The van der Waals surface area contributed by atoms with E-state index in [2.05, 4.69) is 21.2 Å². The second-order valence-electron chi connectivity index (χ2n) is 5.83. The van der Waals surface area contributed by atoms with Gasteiger partial charge in [-0.3, -0.25) is 24.0 Å². The first-order valence-electron chi connectivity index (χ1n) is 8.21. The van der Waals surface area contributed by atoms with Crippen LogP contribution in [0.25, 0.3) is 0 Å². The van der Waals surface area contributed by atoms with Gasteiger partial charge in [0.05, 0.1) is 5.33 Å². The molecule has 1 amide bonds. The highest BCUT2D eigenvalue weighted by Crippen LogP contribution is 2.28. The van der Waals surface area contributed by atoms with Gasteiger partial charge in [-0.2, -0.15) is 0 Å². The lowest BCUT2D eigenvalue weighted by Crippen LogP contribution is -2.67. The maximum atomic E-state index is 11.9. The first kappa shape index (κ1) is 23.8. The van der Waals surface area contributed by atoms with Gasteiger partial charge in [-0.25, -0.2) is 0 Å². The van der Waals surface area contributed by atoms with E-state index in [1.54, 1.807) is 0 Å². The smallest absolute Gasteiger partial charge is 0.305 e. The van der Waals surface area contributed by atoms with Crippen LogP contribution in [-0.4, -0.2) is 72.4 Å². The number of carbonyl (C=O) groups excluding carboxylic acids is 5. The summed E-state index contributed by atoms with van der Waals surface area (Å²) in [6.45, 7) is 4.15. The fourth-order valence-electron chi connectivity index (χ4n) is 2.54. The standard InChI is InChI=1S/C16H22BrNO10/c1-7(19)24-6-11-14(25-8(2)20)15(26-9(3)21)13(18-12(23)5-17)16(28-11)27-10(4)22/h11,13-16H,5-6H2,1-4H3,(H,18,23)/t11-,13-,14+,15-,16-/m1/s1. The van der Waals surface area contributed by atoms with Gasteiger partial charge in [0.15, 0.2) is 12.2 Å². The molecule has 12 heteroatoms. The molecule has 0 aromatic rings. The van der Waals surface area contributed by atoms with E-state index in [-0.39, 0.29) is 11.9 Å². The lowest BCUT2D eigenvalue weighted by atomic mass is 9.96. The molecule has 0 radical (unpaired) electrons. The van der Waals surface area contributed by atoms with Gasteiger partial charge in [0.25, 0.3) is 0 Å². The molecule has 1 fully saturated rings. The number of hydrogen-bond donors (Lipinski definition) is 1. The minimum absolute atomic E-state index is 0.0990. The summed E-state index contributed by atoms with van der Waals surface area (Å²) in [4.78, 5) is 57.7. The summed E-state index contributed by atoms with van der Waals surface area (Å²) in [6, 6.07) is -1.18. The Labute approximate surface area is 169 Å². The molecule has 158 valence electrons. The Morgan fingerprint density at radius 2 is 1.39 bits per heavy atom. The highest BCUT2D eigenvalue weighted by molar-refractivity contribution is 9.09. The quantitative estimate of drug-likeness (QED) is 0.297. The highest BCUT2D eigenvalue weighted by atomic mass is 79.9. The van der Waals surface area contributed by atoms with Gasteiger partial charge in [0.1, 0.15) is 18.8 Å². The number of halogens is 1. The summed E-state index contributed by atoms with van der Waals surface area (Å²) < 4.78 is 26.1. The zero-order chi connectivity index (χ0) is 21.4. The Bertz CT molecular complexity index is 625. The van der Waals surface area contributed by atoms with Crippen LogP contribution in [0.3, 0.4) is 0 Å². The lowest BCUT2D eigenvalue weighted by molar-refractivity contribution is -0.270. The van der Waals surface area contributed by atoms with E-state index in [1.165, 1.54) is 0 Å². The van der Waals surface area contributed by atoms with Gasteiger partial charge in [0, 0.05) is 27.7 Å². The SMILES string of the molecule is CC(=O)OC[C@H]1O[C@@H](OC(C)=O)[C@H](NC(=O)CBr)[C@@H](OC(C)=O)[C@H]1OC(C)=O. The first-order valence-corrected chi connectivity index (χ1v) is 9.33. The number of hydrogen-bond acceptors (Lipinski definition) is 10. The summed E-state index contributed by atoms with van der Waals surface area (Å²) >= 11 is 2.98. The van der Waals surface area contributed by atoms with Crippen LogP contribution < -0.4 is 5.32 Å². The van der Waals surface area contributed by atoms with Gasteiger partial charge in [-0.15, -0.1) is 0 Å². The topological polar surface area (TPSA) is 144 Å².